The van der Waals surface area contributed by atoms with E-state index in [0.29, 0.717) is 0 Å². The molecule has 0 saturated carbocycles. The molecule has 0 spiro atoms. The van der Waals surface area contributed by atoms with E-state index in [1.807, 2.05) is 18.2 Å². The van der Waals surface area contributed by atoms with Crippen molar-refractivity contribution in [3.8, 4) is 11.5 Å². The molecule has 0 aliphatic rings. The number of nitrogens with zero attached hydrogens (tertiary/aromatic N) is 1. The van der Waals surface area contributed by atoms with E-state index in [1.165, 1.54) is 0 Å². The smallest absolute Gasteiger partial charge is 0.123 e. The zero-order valence-electron chi connectivity index (χ0n) is 25.0. The molecule has 0 fully saturated rings. The standard InChI is InChI=1S/C34H47NO2/c1-31(2,3)21-17-23(29(36)25(19-21)33(7,8)9)28(27-15-13-14-16-35-27)24-18-22(32(4,5)6)20-26(30(24)37)34(10,11)12/h13-20,28,36-37H,1-12H3. The first-order valence-corrected chi connectivity index (χ1v) is 13.4. The number of phenolic OH excluding ortho intramolecular Hbond substituents is 2. The molecule has 0 atom stereocenters. The maximum absolute atomic E-state index is 11.8. The summed E-state index contributed by atoms with van der Waals surface area (Å²) in [5, 5.41) is 23.7. The van der Waals surface area contributed by atoms with Gasteiger partial charge < -0.3 is 10.2 Å². The molecule has 0 aliphatic heterocycles. The number of aromatic hydroxyl groups is 2. The SMILES string of the molecule is CC(C)(C)c1cc(C(c2ccccn2)c2cc(C(C)(C)C)cc(C(C)(C)C)c2O)c(O)c(C(C)(C)C)c1. The van der Waals surface area contributed by atoms with E-state index in [2.05, 4.69) is 107 Å². The first-order chi connectivity index (χ1) is 16.7. The Balaban J connectivity index is 2.53. The van der Waals surface area contributed by atoms with Gasteiger partial charge >= 0.3 is 0 Å². The van der Waals surface area contributed by atoms with Crippen molar-refractivity contribution in [1.82, 2.24) is 4.98 Å². The highest BCUT2D eigenvalue weighted by molar-refractivity contribution is 5.60. The molecular formula is C34H47NO2. The molecule has 0 bridgehead atoms. The Bertz CT molecular complexity index is 1180. The van der Waals surface area contributed by atoms with Crippen molar-refractivity contribution in [2.75, 3.05) is 0 Å². The molecule has 1 aromatic heterocycles. The van der Waals surface area contributed by atoms with Crippen LogP contribution in [0.3, 0.4) is 0 Å². The number of benzene rings is 2. The van der Waals surface area contributed by atoms with Gasteiger partial charge in [-0.15, -0.1) is 0 Å². The number of rotatable bonds is 3. The third-order valence-electron chi connectivity index (χ3n) is 7.23. The van der Waals surface area contributed by atoms with Crippen molar-refractivity contribution >= 4 is 0 Å². The van der Waals surface area contributed by atoms with Crippen molar-refractivity contribution < 1.29 is 10.2 Å². The lowest BCUT2D eigenvalue weighted by Gasteiger charge is -2.32. The van der Waals surface area contributed by atoms with Gasteiger partial charge in [0.25, 0.3) is 0 Å². The Hall–Kier alpha value is -2.81. The van der Waals surface area contributed by atoms with Crippen LogP contribution in [-0.4, -0.2) is 15.2 Å². The van der Waals surface area contributed by atoms with Gasteiger partial charge in [0.15, 0.2) is 0 Å². The van der Waals surface area contributed by atoms with E-state index in [1.54, 1.807) is 6.20 Å². The van der Waals surface area contributed by atoms with Crippen LogP contribution >= 0.6 is 0 Å². The molecule has 0 saturated heterocycles. The van der Waals surface area contributed by atoms with Gasteiger partial charge in [-0.2, -0.15) is 0 Å². The van der Waals surface area contributed by atoms with Gasteiger partial charge in [-0.05, 0) is 56.0 Å². The summed E-state index contributed by atoms with van der Waals surface area (Å²) in [4.78, 5) is 4.76. The fourth-order valence-corrected chi connectivity index (χ4v) is 4.80. The minimum atomic E-state index is -0.437. The molecule has 3 rings (SSSR count). The van der Waals surface area contributed by atoms with Gasteiger partial charge in [0.2, 0.25) is 0 Å². The minimum absolute atomic E-state index is 0.122. The summed E-state index contributed by atoms with van der Waals surface area (Å²) in [5.74, 6) is 0.107. The van der Waals surface area contributed by atoms with Gasteiger partial charge in [-0.1, -0.05) is 113 Å². The second kappa shape index (κ2) is 9.49. The molecule has 3 heteroatoms. The maximum Gasteiger partial charge on any atom is 0.123 e. The van der Waals surface area contributed by atoms with Crippen molar-refractivity contribution in [2.24, 2.45) is 0 Å². The average molecular weight is 502 g/mol. The topological polar surface area (TPSA) is 53.4 Å². The van der Waals surface area contributed by atoms with Crippen LogP contribution in [0.5, 0.6) is 11.5 Å². The average Bonchev–Trinajstić information content (AvgIpc) is 2.73. The highest BCUT2D eigenvalue weighted by atomic mass is 16.3. The summed E-state index contributed by atoms with van der Waals surface area (Å²) in [5.41, 5.74) is 5.67. The van der Waals surface area contributed by atoms with Crippen molar-refractivity contribution in [1.29, 1.82) is 0 Å². The largest absolute Gasteiger partial charge is 0.507 e. The summed E-state index contributed by atoms with van der Waals surface area (Å²) >= 11 is 0. The predicted octanol–water partition coefficient (Wildman–Crippen LogP) is 8.86. The Morgan fingerprint density at radius 2 is 0.973 bits per heavy atom. The van der Waals surface area contributed by atoms with Crippen LogP contribution in [0.25, 0.3) is 0 Å². The molecule has 37 heavy (non-hydrogen) atoms. The van der Waals surface area contributed by atoms with Gasteiger partial charge in [0.1, 0.15) is 11.5 Å². The lowest BCUT2D eigenvalue weighted by molar-refractivity contribution is 0.429. The van der Waals surface area contributed by atoms with Crippen LogP contribution in [0.2, 0.25) is 0 Å². The summed E-state index contributed by atoms with van der Waals surface area (Å²) in [6.45, 7) is 25.9. The number of hydrogen-bond acceptors (Lipinski definition) is 3. The second-order valence-corrected chi connectivity index (χ2v) is 14.6. The zero-order valence-corrected chi connectivity index (χ0v) is 25.0. The predicted molar refractivity (Wildman–Crippen MR) is 156 cm³/mol. The van der Waals surface area contributed by atoms with E-state index in [-0.39, 0.29) is 33.2 Å². The molecule has 200 valence electrons. The molecule has 0 aliphatic carbocycles. The van der Waals surface area contributed by atoms with E-state index in [0.717, 1.165) is 39.1 Å². The molecule has 0 radical (unpaired) electrons. The minimum Gasteiger partial charge on any atom is -0.507 e. The van der Waals surface area contributed by atoms with E-state index >= 15 is 0 Å². The second-order valence-electron chi connectivity index (χ2n) is 14.6. The Morgan fingerprint density at radius 1 is 0.568 bits per heavy atom. The van der Waals surface area contributed by atoms with E-state index < -0.39 is 5.92 Å². The highest BCUT2D eigenvalue weighted by Gasteiger charge is 2.34. The molecule has 3 nitrogen and oxygen atoms in total. The molecule has 0 amide bonds. The van der Waals surface area contributed by atoms with Crippen molar-refractivity contribution in [3.63, 3.8) is 0 Å². The van der Waals surface area contributed by atoms with Gasteiger partial charge in [-0.25, -0.2) is 0 Å². The molecule has 2 aromatic carbocycles. The first-order valence-electron chi connectivity index (χ1n) is 13.4. The lowest BCUT2D eigenvalue weighted by Crippen LogP contribution is -2.21. The third kappa shape index (κ3) is 6.03. The van der Waals surface area contributed by atoms with Crippen LogP contribution < -0.4 is 0 Å². The maximum atomic E-state index is 11.8. The summed E-state index contributed by atoms with van der Waals surface area (Å²) < 4.78 is 0. The molecular weight excluding hydrogens is 454 g/mol. The van der Waals surface area contributed by atoms with Crippen LogP contribution in [-0.2, 0) is 21.7 Å². The van der Waals surface area contributed by atoms with Crippen LogP contribution in [0, 0.1) is 0 Å². The van der Waals surface area contributed by atoms with E-state index in [9.17, 15) is 10.2 Å². The number of aromatic nitrogens is 1. The van der Waals surface area contributed by atoms with Crippen molar-refractivity contribution in [3.05, 3.63) is 87.7 Å². The molecule has 2 N–H and O–H groups in total. The van der Waals surface area contributed by atoms with E-state index in [4.69, 9.17) is 4.98 Å². The number of pyridine rings is 1. The Morgan fingerprint density at radius 3 is 1.27 bits per heavy atom. The van der Waals surface area contributed by atoms with Crippen LogP contribution in [0.1, 0.15) is 128 Å². The van der Waals surface area contributed by atoms with Gasteiger partial charge in [0, 0.05) is 17.3 Å². The number of phenols is 2. The summed E-state index contributed by atoms with van der Waals surface area (Å²) in [7, 11) is 0. The first kappa shape index (κ1) is 28.8. The van der Waals surface area contributed by atoms with Gasteiger partial charge in [-0.3, -0.25) is 4.98 Å². The highest BCUT2D eigenvalue weighted by Crippen LogP contribution is 2.48. The Labute approximate surface area is 225 Å². The zero-order chi connectivity index (χ0) is 28.1. The quantitative estimate of drug-likeness (QED) is 0.377. The fourth-order valence-electron chi connectivity index (χ4n) is 4.80. The Kier molecular flexibility index (Phi) is 7.38. The lowest BCUT2D eigenvalue weighted by atomic mass is 9.73. The summed E-state index contributed by atoms with van der Waals surface area (Å²) in [6.07, 6.45) is 1.78. The molecule has 1 heterocycles. The number of hydrogen-bond donors (Lipinski definition) is 2. The van der Waals surface area contributed by atoms with Crippen LogP contribution in [0.15, 0.2) is 48.7 Å². The third-order valence-corrected chi connectivity index (χ3v) is 7.23. The van der Waals surface area contributed by atoms with Crippen molar-refractivity contribution in [2.45, 2.75) is 111 Å². The molecule has 0 unspecified atom stereocenters. The fraction of sp³-hybridized carbons (Fsp3) is 0.500. The summed E-state index contributed by atoms with van der Waals surface area (Å²) in [6, 6.07) is 14.4. The molecule has 3 aromatic rings. The monoisotopic (exact) mass is 501 g/mol. The normalized spacial score (nSPS) is 13.3. The van der Waals surface area contributed by atoms with Gasteiger partial charge in [0.05, 0.1) is 11.6 Å². The van der Waals surface area contributed by atoms with Crippen LogP contribution in [0.4, 0.5) is 0 Å².